The number of likely N-dealkylation sites (tertiary alicyclic amines) is 1. The van der Waals surface area contributed by atoms with E-state index in [9.17, 15) is 13.2 Å². The fourth-order valence-corrected chi connectivity index (χ4v) is 3.65. The predicted molar refractivity (Wildman–Crippen MR) is 109 cm³/mol. The van der Waals surface area contributed by atoms with Crippen LogP contribution in [0.1, 0.15) is 31.2 Å². The maximum atomic E-state index is 12.7. The van der Waals surface area contributed by atoms with Crippen LogP contribution in [0.2, 0.25) is 0 Å². The Morgan fingerprint density at radius 2 is 1.88 bits per heavy atom. The summed E-state index contributed by atoms with van der Waals surface area (Å²) in [6, 6.07) is 8.39. The summed E-state index contributed by atoms with van der Waals surface area (Å²) in [7, 11) is 0. The Hall–Kier alpha value is -1.03. The highest BCUT2D eigenvalue weighted by molar-refractivity contribution is 14.0. The summed E-state index contributed by atoms with van der Waals surface area (Å²) >= 11 is 0. The van der Waals surface area contributed by atoms with Crippen molar-refractivity contribution >= 4 is 35.6 Å². The molecule has 3 N–H and O–H groups in total. The minimum Gasteiger partial charge on any atom is -0.370 e. The van der Waals surface area contributed by atoms with Crippen LogP contribution in [-0.2, 0) is 0 Å². The van der Waals surface area contributed by atoms with Gasteiger partial charge >= 0.3 is 6.18 Å². The molecule has 0 amide bonds. The van der Waals surface area contributed by atoms with Gasteiger partial charge in [-0.2, -0.15) is 13.2 Å². The van der Waals surface area contributed by atoms with E-state index >= 15 is 0 Å². The summed E-state index contributed by atoms with van der Waals surface area (Å²) in [6.45, 7) is 3.07. The highest BCUT2D eigenvalue weighted by Gasteiger charge is 2.43. The van der Waals surface area contributed by atoms with Crippen molar-refractivity contribution in [2.24, 2.45) is 16.6 Å². The summed E-state index contributed by atoms with van der Waals surface area (Å²) in [5.74, 6) is -0.739. The monoisotopic (exact) mass is 482 g/mol. The number of nitrogens with zero attached hydrogens (tertiary/aromatic N) is 2. The van der Waals surface area contributed by atoms with Crippen molar-refractivity contribution in [3.63, 3.8) is 0 Å². The Balaban J connectivity index is 0.00000243. The van der Waals surface area contributed by atoms with Gasteiger partial charge in [0.05, 0.1) is 12.0 Å². The van der Waals surface area contributed by atoms with Gasteiger partial charge in [-0.05, 0) is 63.4 Å². The molecule has 26 heavy (non-hydrogen) atoms. The zero-order valence-corrected chi connectivity index (χ0v) is 17.1. The van der Waals surface area contributed by atoms with Gasteiger partial charge in [-0.1, -0.05) is 12.1 Å². The molecule has 3 rings (SSSR count). The number of nitrogens with two attached hydrogens (primary N) is 1. The van der Waals surface area contributed by atoms with E-state index in [-0.39, 0.29) is 42.9 Å². The number of aryl methyl sites for hydroxylation is 1. The molecule has 1 saturated carbocycles. The SMILES string of the molecule is Cc1cccc(NC(N)=NC2CC(N3CCC(C(F)(F)F)CC3)C2)c1.I. The molecule has 1 aromatic rings. The number of hydrogen-bond donors (Lipinski definition) is 2. The Kier molecular flexibility index (Phi) is 7.18. The lowest BCUT2D eigenvalue weighted by Gasteiger charge is -2.44. The number of nitrogens with one attached hydrogen (secondary N) is 1. The van der Waals surface area contributed by atoms with Crippen LogP contribution in [0.15, 0.2) is 29.3 Å². The first-order valence-electron chi connectivity index (χ1n) is 8.79. The summed E-state index contributed by atoms with van der Waals surface area (Å²) in [6.07, 6.45) is -1.88. The number of benzene rings is 1. The van der Waals surface area contributed by atoms with Crippen LogP contribution in [0, 0.1) is 12.8 Å². The van der Waals surface area contributed by atoms with Gasteiger partial charge in [0.15, 0.2) is 5.96 Å². The summed E-state index contributed by atoms with van der Waals surface area (Å²) in [4.78, 5) is 6.66. The predicted octanol–water partition coefficient (Wildman–Crippen LogP) is 4.14. The third-order valence-corrected chi connectivity index (χ3v) is 5.21. The molecule has 146 valence electrons. The molecule has 0 spiro atoms. The molecule has 0 radical (unpaired) electrons. The van der Waals surface area contributed by atoms with E-state index in [2.05, 4.69) is 15.2 Å². The largest absolute Gasteiger partial charge is 0.391 e. The van der Waals surface area contributed by atoms with E-state index < -0.39 is 12.1 Å². The van der Waals surface area contributed by atoms with Crippen molar-refractivity contribution in [1.29, 1.82) is 0 Å². The first-order chi connectivity index (χ1) is 11.8. The van der Waals surface area contributed by atoms with Crippen molar-refractivity contribution in [2.45, 2.75) is 50.9 Å². The van der Waals surface area contributed by atoms with Gasteiger partial charge in [-0.3, -0.25) is 0 Å². The molecular weight excluding hydrogens is 456 g/mol. The molecule has 4 nitrogen and oxygen atoms in total. The molecule has 1 aliphatic heterocycles. The van der Waals surface area contributed by atoms with Gasteiger partial charge in [0.1, 0.15) is 0 Å². The minimum absolute atomic E-state index is 0. The van der Waals surface area contributed by atoms with E-state index in [1.165, 1.54) is 0 Å². The number of anilines is 1. The van der Waals surface area contributed by atoms with Gasteiger partial charge in [-0.25, -0.2) is 4.99 Å². The highest BCUT2D eigenvalue weighted by Crippen LogP contribution is 2.37. The smallest absolute Gasteiger partial charge is 0.370 e. The fraction of sp³-hybridized carbons (Fsp3) is 0.611. The van der Waals surface area contributed by atoms with E-state index in [4.69, 9.17) is 5.73 Å². The Morgan fingerprint density at radius 1 is 1.23 bits per heavy atom. The van der Waals surface area contributed by atoms with Crippen LogP contribution in [-0.4, -0.2) is 42.2 Å². The van der Waals surface area contributed by atoms with Crippen LogP contribution in [0.3, 0.4) is 0 Å². The maximum absolute atomic E-state index is 12.7. The Bertz CT molecular complexity index is 621. The summed E-state index contributed by atoms with van der Waals surface area (Å²) in [5.41, 5.74) is 8.01. The van der Waals surface area contributed by atoms with Crippen LogP contribution in [0.5, 0.6) is 0 Å². The summed E-state index contributed by atoms with van der Waals surface area (Å²) in [5, 5.41) is 3.09. The average Bonchev–Trinajstić information content (AvgIpc) is 2.50. The number of halogens is 4. The number of alkyl halides is 3. The Labute approximate surface area is 169 Å². The quantitative estimate of drug-likeness (QED) is 0.387. The molecule has 1 heterocycles. The van der Waals surface area contributed by atoms with Crippen molar-refractivity contribution in [3.8, 4) is 0 Å². The number of hydrogen-bond acceptors (Lipinski definition) is 2. The molecule has 0 atom stereocenters. The molecule has 1 saturated heterocycles. The standard InChI is InChI=1S/C18H25F3N4.HI/c1-12-3-2-4-14(9-12)23-17(22)24-15-10-16(11-15)25-7-5-13(6-8-25)18(19,20)21;/h2-4,9,13,15-16H,5-8,10-11H2,1H3,(H3,22,23,24);1H. The van der Waals surface area contributed by atoms with Gasteiger partial charge in [0, 0.05) is 11.7 Å². The average molecular weight is 482 g/mol. The minimum atomic E-state index is -4.05. The number of piperidine rings is 1. The van der Waals surface area contributed by atoms with Crippen LogP contribution >= 0.6 is 24.0 Å². The molecule has 0 bridgehead atoms. The number of aliphatic imine (C=N–C) groups is 1. The lowest BCUT2D eigenvalue weighted by molar-refractivity contribution is -0.187. The lowest BCUT2D eigenvalue weighted by atomic mass is 9.83. The van der Waals surface area contributed by atoms with Crippen molar-refractivity contribution in [2.75, 3.05) is 18.4 Å². The van der Waals surface area contributed by atoms with Crippen LogP contribution < -0.4 is 11.1 Å². The van der Waals surface area contributed by atoms with E-state index in [0.717, 1.165) is 24.1 Å². The molecule has 0 unspecified atom stereocenters. The second kappa shape index (κ2) is 8.77. The zero-order valence-electron chi connectivity index (χ0n) is 14.8. The maximum Gasteiger partial charge on any atom is 0.391 e. The van der Waals surface area contributed by atoms with Crippen molar-refractivity contribution < 1.29 is 13.2 Å². The first kappa shape index (κ1) is 21.3. The normalized spacial score (nSPS) is 25.3. The lowest BCUT2D eigenvalue weighted by Crippen LogP contribution is -2.51. The fourth-order valence-electron chi connectivity index (χ4n) is 3.65. The third-order valence-electron chi connectivity index (χ3n) is 5.21. The topological polar surface area (TPSA) is 53.6 Å². The van der Waals surface area contributed by atoms with Gasteiger partial charge < -0.3 is 16.0 Å². The molecule has 1 aliphatic carbocycles. The zero-order chi connectivity index (χ0) is 18.0. The number of guanidine groups is 1. The molecule has 2 fully saturated rings. The van der Waals surface area contributed by atoms with Gasteiger partial charge in [-0.15, -0.1) is 24.0 Å². The third kappa shape index (κ3) is 5.48. The van der Waals surface area contributed by atoms with E-state index in [1.54, 1.807) is 0 Å². The molecule has 2 aliphatic rings. The number of rotatable bonds is 3. The molecular formula is C18H26F3IN4. The van der Waals surface area contributed by atoms with Crippen LogP contribution in [0.25, 0.3) is 0 Å². The van der Waals surface area contributed by atoms with Gasteiger partial charge in [0.2, 0.25) is 0 Å². The molecule has 1 aromatic carbocycles. The molecule has 0 aromatic heterocycles. The second-order valence-corrected chi connectivity index (χ2v) is 7.14. The van der Waals surface area contributed by atoms with Gasteiger partial charge in [0.25, 0.3) is 0 Å². The Morgan fingerprint density at radius 3 is 2.46 bits per heavy atom. The molecule has 8 heteroatoms. The van der Waals surface area contributed by atoms with Crippen molar-refractivity contribution in [3.05, 3.63) is 29.8 Å². The van der Waals surface area contributed by atoms with E-state index in [1.807, 2.05) is 31.2 Å². The second-order valence-electron chi connectivity index (χ2n) is 7.14. The van der Waals surface area contributed by atoms with Crippen LogP contribution in [0.4, 0.5) is 18.9 Å². The highest BCUT2D eigenvalue weighted by atomic mass is 127. The first-order valence-corrected chi connectivity index (χ1v) is 8.79. The van der Waals surface area contributed by atoms with E-state index in [0.29, 0.717) is 25.1 Å². The summed E-state index contributed by atoms with van der Waals surface area (Å²) < 4.78 is 38.2. The van der Waals surface area contributed by atoms with Crippen molar-refractivity contribution in [1.82, 2.24) is 4.90 Å².